The number of halogens is 3. The minimum Gasteiger partial charge on any atom is -0.481 e. The fourth-order valence-electron chi connectivity index (χ4n) is 2.57. The highest BCUT2D eigenvalue weighted by Gasteiger charge is 2.31. The van der Waals surface area contributed by atoms with Crippen LogP contribution in [0.2, 0.25) is 0 Å². The lowest BCUT2D eigenvalue weighted by Gasteiger charge is -2.20. The van der Waals surface area contributed by atoms with Crippen LogP contribution in [0.25, 0.3) is 5.57 Å². The van der Waals surface area contributed by atoms with Gasteiger partial charge < -0.3 is 9.84 Å². The zero-order valence-corrected chi connectivity index (χ0v) is 12.8. The molecule has 3 nitrogen and oxygen atoms in total. The summed E-state index contributed by atoms with van der Waals surface area (Å²) in [4.78, 5) is 10.7. The van der Waals surface area contributed by atoms with Crippen molar-refractivity contribution in [3.05, 3.63) is 47.1 Å². The summed E-state index contributed by atoms with van der Waals surface area (Å²) in [6, 6.07) is 3.08. The van der Waals surface area contributed by atoms with Crippen LogP contribution >= 0.6 is 0 Å². The van der Waals surface area contributed by atoms with E-state index in [1.807, 2.05) is 19.9 Å². The number of ether oxygens (including phenoxy) is 1. The maximum atomic E-state index is 13.0. The molecule has 1 unspecified atom stereocenters. The van der Waals surface area contributed by atoms with Crippen LogP contribution in [0.3, 0.4) is 0 Å². The first-order valence-electron chi connectivity index (χ1n) is 7.12. The van der Waals surface area contributed by atoms with Crippen LogP contribution in [-0.4, -0.2) is 17.7 Å². The van der Waals surface area contributed by atoms with Gasteiger partial charge in [-0.25, -0.2) is 4.79 Å². The number of alkyl halides is 3. The van der Waals surface area contributed by atoms with E-state index in [0.717, 1.165) is 24.1 Å². The summed E-state index contributed by atoms with van der Waals surface area (Å²) in [6.07, 6.45) is -0.0448. The average molecular weight is 326 g/mol. The molecule has 1 aromatic rings. The summed E-state index contributed by atoms with van der Waals surface area (Å²) in [7, 11) is 0. The Kier molecular flexibility index (Phi) is 4.82. The van der Waals surface area contributed by atoms with Crippen molar-refractivity contribution >= 4 is 11.5 Å². The van der Waals surface area contributed by atoms with Crippen LogP contribution in [-0.2, 0) is 11.0 Å². The molecule has 0 heterocycles. The van der Waals surface area contributed by atoms with E-state index < -0.39 is 24.3 Å². The molecule has 1 N–H and O–H groups in total. The van der Waals surface area contributed by atoms with Gasteiger partial charge in [-0.15, -0.1) is 0 Å². The highest BCUT2D eigenvalue weighted by molar-refractivity contribution is 5.81. The molecule has 0 aromatic heterocycles. The fraction of sp³-hybridized carbons (Fsp3) is 0.353. The lowest BCUT2D eigenvalue weighted by molar-refractivity contribution is -0.140. The molecule has 124 valence electrons. The normalized spacial score (nSPS) is 18.2. The number of aliphatic carboxylic acids is 1. The highest BCUT2D eigenvalue weighted by Crippen LogP contribution is 2.39. The van der Waals surface area contributed by atoms with Crippen LogP contribution < -0.4 is 4.74 Å². The van der Waals surface area contributed by atoms with Crippen LogP contribution in [0.4, 0.5) is 13.2 Å². The highest BCUT2D eigenvalue weighted by atomic mass is 19.4. The van der Waals surface area contributed by atoms with E-state index in [4.69, 9.17) is 9.84 Å². The molecule has 0 spiro atoms. The molecule has 1 atom stereocenters. The molecule has 0 radical (unpaired) electrons. The summed E-state index contributed by atoms with van der Waals surface area (Å²) >= 11 is 0. The number of hydrogen-bond donors (Lipinski definition) is 1. The van der Waals surface area contributed by atoms with Gasteiger partial charge in [0.05, 0.1) is 5.56 Å². The van der Waals surface area contributed by atoms with Crippen molar-refractivity contribution in [2.24, 2.45) is 5.92 Å². The van der Waals surface area contributed by atoms with Gasteiger partial charge in [-0.3, -0.25) is 0 Å². The van der Waals surface area contributed by atoms with E-state index in [1.165, 1.54) is 6.07 Å². The molecule has 0 amide bonds. The maximum absolute atomic E-state index is 13.0. The summed E-state index contributed by atoms with van der Waals surface area (Å²) in [5, 5.41) is 8.72. The van der Waals surface area contributed by atoms with Gasteiger partial charge in [0.15, 0.2) is 6.61 Å². The van der Waals surface area contributed by atoms with Crippen LogP contribution in [0.1, 0.15) is 31.4 Å². The van der Waals surface area contributed by atoms with Gasteiger partial charge in [-0.2, -0.15) is 13.2 Å². The Hall–Kier alpha value is -2.24. The van der Waals surface area contributed by atoms with Gasteiger partial charge in [-0.05, 0) is 43.0 Å². The molecule has 6 heteroatoms. The van der Waals surface area contributed by atoms with Crippen LogP contribution in [0.5, 0.6) is 5.75 Å². The lowest BCUT2D eigenvalue weighted by atomic mass is 9.87. The minimum absolute atomic E-state index is 0.133. The van der Waals surface area contributed by atoms with E-state index >= 15 is 0 Å². The summed E-state index contributed by atoms with van der Waals surface area (Å²) in [6.45, 7) is 3.27. The Labute approximate surface area is 132 Å². The van der Waals surface area contributed by atoms with Gasteiger partial charge in [0.1, 0.15) is 5.75 Å². The van der Waals surface area contributed by atoms with E-state index in [2.05, 4.69) is 0 Å². The quantitative estimate of drug-likeness (QED) is 0.884. The summed E-state index contributed by atoms with van der Waals surface area (Å²) in [5.74, 6) is -0.740. The van der Waals surface area contributed by atoms with Crippen molar-refractivity contribution in [3.63, 3.8) is 0 Å². The first kappa shape index (κ1) is 17.1. The number of carbonyl (C=O) groups is 1. The number of carboxylic acid groups (broad SMARTS) is 1. The summed E-state index contributed by atoms with van der Waals surface area (Å²) < 4.78 is 44.1. The zero-order valence-electron chi connectivity index (χ0n) is 12.8. The standard InChI is InChI=1S/C17H17F3O3/c1-10-3-5-13(11(2)7-10)14-8-12(17(18,19)20)4-6-15(14)23-9-16(21)22/h3-6,8,10H,7,9H2,1-2H3,(H,21,22). The number of carboxylic acids is 1. The van der Waals surface area contributed by atoms with E-state index in [-0.39, 0.29) is 11.3 Å². The first-order chi connectivity index (χ1) is 10.7. The largest absolute Gasteiger partial charge is 0.481 e. The third-order valence-corrected chi connectivity index (χ3v) is 3.63. The number of benzene rings is 1. The minimum atomic E-state index is -4.47. The second-order valence-electron chi connectivity index (χ2n) is 5.63. The Morgan fingerprint density at radius 1 is 1.39 bits per heavy atom. The Morgan fingerprint density at radius 2 is 2.09 bits per heavy atom. The van der Waals surface area contributed by atoms with Crippen molar-refractivity contribution < 1.29 is 27.8 Å². The van der Waals surface area contributed by atoms with Crippen molar-refractivity contribution in [2.45, 2.75) is 26.4 Å². The predicted molar refractivity (Wildman–Crippen MR) is 80.1 cm³/mol. The molecule has 1 aromatic carbocycles. The van der Waals surface area contributed by atoms with Gasteiger partial charge >= 0.3 is 12.1 Å². The van der Waals surface area contributed by atoms with Gasteiger partial charge in [0, 0.05) is 5.56 Å². The maximum Gasteiger partial charge on any atom is 0.416 e. The molecular weight excluding hydrogens is 309 g/mol. The molecule has 0 fully saturated rings. The molecule has 0 aliphatic heterocycles. The van der Waals surface area contributed by atoms with Crippen molar-refractivity contribution in [1.29, 1.82) is 0 Å². The van der Waals surface area contributed by atoms with Crippen LogP contribution in [0, 0.1) is 5.92 Å². The predicted octanol–water partition coefficient (Wildman–Crippen LogP) is 4.54. The monoisotopic (exact) mass is 326 g/mol. The molecule has 0 bridgehead atoms. The van der Waals surface area contributed by atoms with Crippen LogP contribution in [0.15, 0.2) is 35.9 Å². The average Bonchev–Trinajstić information content (AvgIpc) is 2.44. The molecule has 0 saturated heterocycles. The van der Waals surface area contributed by atoms with Gasteiger partial charge in [-0.1, -0.05) is 24.6 Å². The number of rotatable bonds is 4. The molecule has 1 aliphatic rings. The first-order valence-corrected chi connectivity index (χ1v) is 7.12. The topological polar surface area (TPSA) is 46.5 Å². The third-order valence-electron chi connectivity index (χ3n) is 3.63. The molecule has 23 heavy (non-hydrogen) atoms. The Bertz CT molecular complexity index is 672. The zero-order chi connectivity index (χ0) is 17.2. The second-order valence-corrected chi connectivity index (χ2v) is 5.63. The molecule has 1 aliphatic carbocycles. The van der Waals surface area contributed by atoms with Crippen molar-refractivity contribution in [1.82, 2.24) is 0 Å². The SMILES string of the molecule is CC1=C(c2cc(C(F)(F)F)ccc2OCC(=O)O)C=CC(C)C1. The smallest absolute Gasteiger partial charge is 0.416 e. The second kappa shape index (κ2) is 6.48. The molecule has 0 saturated carbocycles. The molecular formula is C17H17F3O3. The van der Waals surface area contributed by atoms with E-state index in [1.54, 1.807) is 6.08 Å². The van der Waals surface area contributed by atoms with Gasteiger partial charge in [0.2, 0.25) is 0 Å². The molecule has 2 rings (SSSR count). The summed E-state index contributed by atoms with van der Waals surface area (Å²) in [5.41, 5.74) is 1.07. The Morgan fingerprint density at radius 3 is 2.65 bits per heavy atom. The van der Waals surface area contributed by atoms with Gasteiger partial charge in [0.25, 0.3) is 0 Å². The van der Waals surface area contributed by atoms with Crippen molar-refractivity contribution in [2.75, 3.05) is 6.61 Å². The lowest BCUT2D eigenvalue weighted by Crippen LogP contribution is -2.12. The fourth-order valence-corrected chi connectivity index (χ4v) is 2.57. The van der Waals surface area contributed by atoms with Crippen molar-refractivity contribution in [3.8, 4) is 5.75 Å². The van der Waals surface area contributed by atoms with E-state index in [0.29, 0.717) is 11.5 Å². The number of hydrogen-bond acceptors (Lipinski definition) is 2. The Balaban J connectivity index is 2.50. The third kappa shape index (κ3) is 4.15. The van der Waals surface area contributed by atoms with E-state index in [9.17, 15) is 18.0 Å². The number of allylic oxidation sites excluding steroid dienone is 4.